The van der Waals surface area contributed by atoms with Crippen LogP contribution in [-0.2, 0) is 6.54 Å². The molecule has 2 heterocycles. The Hall–Kier alpha value is -3.10. The van der Waals surface area contributed by atoms with Crippen LogP contribution in [0, 0.1) is 11.6 Å². The van der Waals surface area contributed by atoms with Crippen molar-refractivity contribution in [3.05, 3.63) is 78.3 Å². The van der Waals surface area contributed by atoms with Crippen LogP contribution in [-0.4, -0.2) is 22.6 Å². The number of hydrogen-bond acceptors (Lipinski definition) is 5. The Balaban J connectivity index is 1.71. The summed E-state index contributed by atoms with van der Waals surface area (Å²) in [5.74, 6) is -1.25. The summed E-state index contributed by atoms with van der Waals surface area (Å²) in [5.41, 5.74) is 2.42. The highest BCUT2D eigenvalue weighted by Gasteiger charge is 2.15. The summed E-state index contributed by atoms with van der Waals surface area (Å²) >= 11 is 1.53. The minimum atomic E-state index is -0.709. The Morgan fingerprint density at radius 1 is 1.13 bits per heavy atom. The quantitative estimate of drug-likeness (QED) is 0.366. The van der Waals surface area contributed by atoms with Crippen molar-refractivity contribution in [3.8, 4) is 5.75 Å². The molecule has 4 rings (SSSR count). The van der Waals surface area contributed by atoms with Crippen LogP contribution in [0.2, 0.25) is 0 Å². The lowest BCUT2D eigenvalue weighted by Crippen LogP contribution is -2.04. The molecule has 8 heteroatoms. The second-order valence-electron chi connectivity index (χ2n) is 6.84. The first-order chi connectivity index (χ1) is 15.1. The topological polar surface area (TPSA) is 51.1 Å². The van der Waals surface area contributed by atoms with Gasteiger partial charge in [0, 0.05) is 53.2 Å². The van der Waals surface area contributed by atoms with Gasteiger partial charge in [-0.1, -0.05) is 6.07 Å². The van der Waals surface area contributed by atoms with Crippen molar-refractivity contribution < 1.29 is 13.5 Å². The molecule has 0 aliphatic carbocycles. The maximum atomic E-state index is 14.5. The van der Waals surface area contributed by atoms with Crippen LogP contribution in [0.5, 0.6) is 5.75 Å². The first kappa shape index (κ1) is 21.1. The molecule has 0 fully saturated rings. The molecule has 2 aromatic carbocycles. The van der Waals surface area contributed by atoms with E-state index in [1.807, 2.05) is 41.4 Å². The molecule has 0 atom stereocenters. The Morgan fingerprint density at radius 2 is 1.94 bits per heavy atom. The number of nitrogens with zero attached hydrogens (tertiary/aromatic N) is 2. The third kappa shape index (κ3) is 4.65. The SMILES string of the molecule is CCOc1cc(F)c(Nc2ccc3c(CNC)cn(Sc4cccnc4)c3c2)c(F)c1. The van der Waals surface area contributed by atoms with E-state index in [9.17, 15) is 8.78 Å². The van der Waals surface area contributed by atoms with Crippen LogP contribution >= 0.6 is 11.9 Å². The zero-order chi connectivity index (χ0) is 21.8. The summed E-state index contributed by atoms with van der Waals surface area (Å²) in [6.07, 6.45) is 5.58. The van der Waals surface area contributed by atoms with Crippen molar-refractivity contribution in [2.45, 2.75) is 18.4 Å². The molecular formula is C23H22F2N4OS. The number of anilines is 2. The lowest BCUT2D eigenvalue weighted by Gasteiger charge is -2.12. The van der Waals surface area contributed by atoms with E-state index < -0.39 is 11.6 Å². The van der Waals surface area contributed by atoms with E-state index in [0.29, 0.717) is 18.8 Å². The van der Waals surface area contributed by atoms with Gasteiger partial charge in [0.1, 0.15) is 11.4 Å². The molecule has 0 unspecified atom stereocenters. The molecule has 0 radical (unpaired) electrons. The zero-order valence-electron chi connectivity index (χ0n) is 17.2. The average molecular weight is 441 g/mol. The number of fused-ring (bicyclic) bond motifs is 1. The van der Waals surface area contributed by atoms with Crippen molar-refractivity contribution in [1.29, 1.82) is 0 Å². The number of rotatable bonds is 8. The van der Waals surface area contributed by atoms with Crippen molar-refractivity contribution in [1.82, 2.24) is 14.3 Å². The molecule has 0 saturated carbocycles. The Kier molecular flexibility index (Phi) is 6.39. The van der Waals surface area contributed by atoms with Gasteiger partial charge < -0.3 is 15.4 Å². The molecule has 2 N–H and O–H groups in total. The summed E-state index contributed by atoms with van der Waals surface area (Å²) in [6.45, 7) is 2.80. The Morgan fingerprint density at radius 3 is 2.61 bits per heavy atom. The summed E-state index contributed by atoms with van der Waals surface area (Å²) in [5, 5.41) is 7.11. The molecule has 0 aliphatic rings. The third-order valence-electron chi connectivity index (χ3n) is 4.66. The Labute approximate surface area is 183 Å². The smallest absolute Gasteiger partial charge is 0.153 e. The van der Waals surface area contributed by atoms with Crippen LogP contribution in [0.25, 0.3) is 10.9 Å². The van der Waals surface area contributed by atoms with Gasteiger partial charge in [-0.25, -0.2) is 8.78 Å². The molecule has 0 aliphatic heterocycles. The lowest BCUT2D eigenvalue weighted by molar-refractivity contribution is 0.336. The zero-order valence-corrected chi connectivity index (χ0v) is 18.0. The van der Waals surface area contributed by atoms with Crippen LogP contribution in [0.15, 0.2) is 66.0 Å². The van der Waals surface area contributed by atoms with Gasteiger partial charge in [0.25, 0.3) is 0 Å². The second-order valence-corrected chi connectivity index (χ2v) is 7.89. The number of pyridine rings is 1. The summed E-state index contributed by atoms with van der Waals surface area (Å²) in [4.78, 5) is 5.15. The van der Waals surface area contributed by atoms with Crippen molar-refractivity contribution in [2.75, 3.05) is 19.0 Å². The molecule has 4 aromatic rings. The van der Waals surface area contributed by atoms with Gasteiger partial charge in [-0.05, 0) is 55.7 Å². The van der Waals surface area contributed by atoms with E-state index in [4.69, 9.17) is 4.74 Å². The number of nitrogens with one attached hydrogen (secondary N) is 2. The largest absolute Gasteiger partial charge is 0.494 e. The molecule has 0 bridgehead atoms. The normalized spacial score (nSPS) is 11.1. The molecule has 160 valence electrons. The second kappa shape index (κ2) is 9.36. The van der Waals surface area contributed by atoms with Gasteiger partial charge in [-0.15, -0.1) is 0 Å². The van der Waals surface area contributed by atoms with Crippen molar-refractivity contribution >= 4 is 34.2 Å². The monoisotopic (exact) mass is 440 g/mol. The predicted octanol–water partition coefficient (Wildman–Crippen LogP) is 5.73. The predicted molar refractivity (Wildman–Crippen MR) is 121 cm³/mol. The fourth-order valence-electron chi connectivity index (χ4n) is 3.33. The minimum absolute atomic E-state index is 0.164. The van der Waals surface area contributed by atoms with Crippen LogP contribution in [0.4, 0.5) is 20.2 Å². The average Bonchev–Trinajstić information content (AvgIpc) is 3.09. The van der Waals surface area contributed by atoms with Gasteiger partial charge in [0.15, 0.2) is 11.6 Å². The molecular weight excluding hydrogens is 418 g/mol. The minimum Gasteiger partial charge on any atom is -0.494 e. The molecule has 0 amide bonds. The first-order valence-corrected chi connectivity index (χ1v) is 10.6. The Bertz CT molecular complexity index is 1170. The van der Waals surface area contributed by atoms with Gasteiger partial charge in [-0.3, -0.25) is 8.96 Å². The number of hydrogen-bond donors (Lipinski definition) is 2. The molecule has 2 aromatic heterocycles. The van der Waals surface area contributed by atoms with E-state index in [1.165, 1.54) is 24.1 Å². The fourth-order valence-corrected chi connectivity index (χ4v) is 4.23. The number of halogens is 2. The van der Waals surface area contributed by atoms with Gasteiger partial charge in [0.05, 0.1) is 12.1 Å². The highest BCUT2D eigenvalue weighted by atomic mass is 32.2. The maximum Gasteiger partial charge on any atom is 0.153 e. The van der Waals surface area contributed by atoms with E-state index >= 15 is 0 Å². The molecule has 0 saturated heterocycles. The first-order valence-electron chi connectivity index (χ1n) is 9.85. The van der Waals surface area contributed by atoms with Crippen LogP contribution < -0.4 is 15.4 Å². The van der Waals surface area contributed by atoms with Gasteiger partial charge >= 0.3 is 0 Å². The summed E-state index contributed by atoms with van der Waals surface area (Å²) in [6, 6.07) is 11.9. The third-order valence-corrected chi connectivity index (χ3v) is 5.61. The van der Waals surface area contributed by atoms with E-state index in [1.54, 1.807) is 19.3 Å². The van der Waals surface area contributed by atoms with E-state index in [0.717, 1.165) is 21.4 Å². The van der Waals surface area contributed by atoms with Crippen LogP contribution in [0.1, 0.15) is 12.5 Å². The van der Waals surface area contributed by atoms with Gasteiger partial charge in [0.2, 0.25) is 0 Å². The van der Waals surface area contributed by atoms with Crippen molar-refractivity contribution in [2.24, 2.45) is 0 Å². The van der Waals surface area contributed by atoms with E-state index in [-0.39, 0.29) is 11.4 Å². The molecule has 31 heavy (non-hydrogen) atoms. The van der Waals surface area contributed by atoms with E-state index in [2.05, 4.69) is 21.8 Å². The number of benzene rings is 2. The highest BCUT2D eigenvalue weighted by Crippen LogP contribution is 2.33. The van der Waals surface area contributed by atoms with Crippen LogP contribution in [0.3, 0.4) is 0 Å². The number of aromatic nitrogens is 2. The standard InChI is InChI=1S/C23H22F2N4OS/c1-3-30-17-10-20(24)23(21(25)11-17)28-16-6-7-19-15(12-26-2)14-29(22(19)9-16)31-18-5-4-8-27-13-18/h4-11,13-14,26,28H,3,12H2,1-2H3. The molecule has 5 nitrogen and oxygen atoms in total. The molecule has 0 spiro atoms. The fraction of sp³-hybridized carbons (Fsp3) is 0.174. The number of ether oxygens (including phenoxy) is 1. The lowest BCUT2D eigenvalue weighted by atomic mass is 10.1. The van der Waals surface area contributed by atoms with Crippen molar-refractivity contribution in [3.63, 3.8) is 0 Å². The van der Waals surface area contributed by atoms with Gasteiger partial charge in [-0.2, -0.15) is 0 Å². The maximum absolute atomic E-state index is 14.5. The highest BCUT2D eigenvalue weighted by molar-refractivity contribution is 7.98. The summed E-state index contributed by atoms with van der Waals surface area (Å²) in [7, 11) is 1.89. The summed E-state index contributed by atoms with van der Waals surface area (Å²) < 4.78 is 36.2.